The number of aliphatic carboxylic acids is 1. The number of carbonyl (C=O) groups excluding carboxylic acids is 1. The van der Waals surface area contributed by atoms with Crippen LogP contribution in [0.25, 0.3) is 21.9 Å². The SMILES string of the molecule is Nc1c(N=Nc2ccc(-c3ccc(N/N=C4/C=CC(=O)C(C(=O)O)=C4)cc3)cc2)cc(S(=O)(=O)O)c2ccccc12. The third-order valence-corrected chi connectivity index (χ3v) is 7.06. The van der Waals surface area contributed by atoms with E-state index >= 15 is 0 Å². The molecule has 1 aliphatic carbocycles. The quantitative estimate of drug-likeness (QED) is 0.0549. The maximum Gasteiger partial charge on any atom is 0.339 e. The highest BCUT2D eigenvalue weighted by Crippen LogP contribution is 2.37. The second-order valence-corrected chi connectivity index (χ2v) is 10.3. The Labute approximate surface area is 233 Å². The molecular weight excluding hydrogens is 546 g/mol. The molecule has 4 aromatic carbocycles. The summed E-state index contributed by atoms with van der Waals surface area (Å²) in [7, 11) is -4.52. The highest BCUT2D eigenvalue weighted by Gasteiger charge is 2.19. The molecule has 4 aromatic rings. The molecular formula is C29H21N5O6S. The molecule has 0 saturated carbocycles. The summed E-state index contributed by atoms with van der Waals surface area (Å²) in [5.74, 6) is -1.90. The minimum Gasteiger partial charge on any atom is -0.478 e. The van der Waals surface area contributed by atoms with Crippen molar-refractivity contribution in [1.29, 1.82) is 0 Å². The van der Waals surface area contributed by atoms with Gasteiger partial charge in [-0.3, -0.25) is 14.8 Å². The van der Waals surface area contributed by atoms with E-state index in [2.05, 4.69) is 20.8 Å². The van der Waals surface area contributed by atoms with E-state index in [1.165, 1.54) is 18.2 Å². The molecule has 0 spiro atoms. The number of nitrogens with two attached hydrogens (primary N) is 1. The number of nitrogens with zero attached hydrogens (tertiary/aromatic N) is 3. The van der Waals surface area contributed by atoms with Crippen LogP contribution in [0, 0.1) is 0 Å². The smallest absolute Gasteiger partial charge is 0.339 e. The fraction of sp³-hybridized carbons (Fsp3) is 0. The van der Waals surface area contributed by atoms with E-state index in [1.54, 1.807) is 48.5 Å². The van der Waals surface area contributed by atoms with Crippen LogP contribution < -0.4 is 11.2 Å². The van der Waals surface area contributed by atoms with Crippen LogP contribution in [0.3, 0.4) is 0 Å². The Balaban J connectivity index is 1.31. The summed E-state index contributed by atoms with van der Waals surface area (Å²) in [4.78, 5) is 22.4. The molecule has 1 aliphatic rings. The molecule has 12 heteroatoms. The maximum atomic E-state index is 11.9. The molecule has 0 radical (unpaired) electrons. The van der Waals surface area contributed by atoms with E-state index in [4.69, 9.17) is 10.8 Å². The number of carboxylic acid groups (broad SMARTS) is 1. The Kier molecular flexibility index (Phi) is 7.25. The molecule has 0 heterocycles. The summed E-state index contributed by atoms with van der Waals surface area (Å²) in [5, 5.41) is 22.3. The van der Waals surface area contributed by atoms with Gasteiger partial charge in [0.1, 0.15) is 16.2 Å². The first-order valence-corrected chi connectivity index (χ1v) is 13.5. The molecule has 0 aromatic heterocycles. The van der Waals surface area contributed by atoms with Gasteiger partial charge >= 0.3 is 5.97 Å². The number of carboxylic acids is 1. The Morgan fingerprint density at radius 2 is 1.49 bits per heavy atom. The van der Waals surface area contributed by atoms with Crippen LogP contribution >= 0.6 is 0 Å². The Hall–Kier alpha value is -5.46. The van der Waals surface area contributed by atoms with Crippen molar-refractivity contribution in [2.45, 2.75) is 4.90 Å². The number of rotatable bonds is 7. The van der Waals surface area contributed by atoms with Gasteiger partial charge in [0.25, 0.3) is 10.1 Å². The van der Waals surface area contributed by atoms with E-state index in [1.807, 2.05) is 24.3 Å². The number of benzene rings is 4. The van der Waals surface area contributed by atoms with Crippen molar-refractivity contribution < 1.29 is 27.7 Å². The number of hydrazone groups is 1. The summed E-state index contributed by atoms with van der Waals surface area (Å²) in [6.07, 6.45) is 3.79. The molecule has 0 atom stereocenters. The lowest BCUT2D eigenvalue weighted by Gasteiger charge is -2.09. The Morgan fingerprint density at radius 3 is 2.12 bits per heavy atom. The minimum absolute atomic E-state index is 0.108. The maximum absolute atomic E-state index is 11.9. The van der Waals surface area contributed by atoms with E-state index in [9.17, 15) is 22.6 Å². The van der Waals surface area contributed by atoms with Gasteiger partial charge in [0.2, 0.25) is 0 Å². The van der Waals surface area contributed by atoms with Crippen LogP contribution in [0.15, 0.2) is 123 Å². The fourth-order valence-corrected chi connectivity index (χ4v) is 4.82. The molecule has 204 valence electrons. The number of fused-ring (bicyclic) bond motifs is 1. The first-order valence-electron chi connectivity index (χ1n) is 12.0. The van der Waals surface area contributed by atoms with Gasteiger partial charge in [0.15, 0.2) is 5.78 Å². The van der Waals surface area contributed by atoms with Gasteiger partial charge in [-0.2, -0.15) is 18.6 Å². The number of nitrogens with one attached hydrogen (secondary N) is 1. The number of hydrogen-bond donors (Lipinski definition) is 4. The third-order valence-electron chi connectivity index (χ3n) is 6.17. The molecule has 0 unspecified atom stereocenters. The molecule has 0 bridgehead atoms. The van der Waals surface area contributed by atoms with E-state index < -0.39 is 21.9 Å². The zero-order valence-corrected chi connectivity index (χ0v) is 21.9. The average Bonchev–Trinajstić information content (AvgIpc) is 2.96. The van der Waals surface area contributed by atoms with Gasteiger partial charge in [-0.25, -0.2) is 4.79 Å². The average molecular weight is 568 g/mol. The Morgan fingerprint density at radius 1 is 0.854 bits per heavy atom. The lowest BCUT2D eigenvalue weighted by atomic mass is 10.0. The number of hydrogen-bond acceptors (Lipinski definition) is 9. The fourth-order valence-electron chi connectivity index (χ4n) is 4.10. The molecule has 5 N–H and O–H groups in total. The van der Waals surface area contributed by atoms with Crippen LogP contribution in [0.4, 0.5) is 22.7 Å². The highest BCUT2D eigenvalue weighted by atomic mass is 32.2. The van der Waals surface area contributed by atoms with Crippen LogP contribution in [0.1, 0.15) is 0 Å². The second-order valence-electron chi connectivity index (χ2n) is 8.86. The van der Waals surface area contributed by atoms with Crippen molar-refractivity contribution in [2.24, 2.45) is 15.3 Å². The van der Waals surface area contributed by atoms with E-state index in [0.29, 0.717) is 22.5 Å². The normalized spacial score (nSPS) is 14.5. The van der Waals surface area contributed by atoms with Crippen molar-refractivity contribution in [3.8, 4) is 11.1 Å². The largest absolute Gasteiger partial charge is 0.478 e. The summed E-state index contributed by atoms with van der Waals surface area (Å²) in [6.45, 7) is 0. The summed E-state index contributed by atoms with van der Waals surface area (Å²) in [5.41, 5.74) is 12.3. The van der Waals surface area contributed by atoms with Gasteiger partial charge in [-0.05, 0) is 59.7 Å². The predicted octanol–water partition coefficient (Wildman–Crippen LogP) is 5.67. The number of carbonyl (C=O) groups is 2. The van der Waals surface area contributed by atoms with Crippen molar-refractivity contribution in [3.63, 3.8) is 0 Å². The van der Waals surface area contributed by atoms with E-state index in [0.717, 1.165) is 17.2 Å². The van der Waals surface area contributed by atoms with Gasteiger partial charge < -0.3 is 10.8 Å². The molecule has 11 nitrogen and oxygen atoms in total. The van der Waals surface area contributed by atoms with Crippen molar-refractivity contribution in [3.05, 3.63) is 103 Å². The summed E-state index contributed by atoms with van der Waals surface area (Å²) >= 11 is 0. The number of anilines is 2. The number of nitrogen functional groups attached to an aromatic ring is 1. The summed E-state index contributed by atoms with van der Waals surface area (Å²) in [6, 6.07) is 22.2. The topological polar surface area (TPSA) is 184 Å². The highest BCUT2D eigenvalue weighted by molar-refractivity contribution is 7.86. The molecule has 0 aliphatic heterocycles. The lowest BCUT2D eigenvalue weighted by Crippen LogP contribution is -2.15. The van der Waals surface area contributed by atoms with Crippen LogP contribution in [-0.4, -0.2) is 35.5 Å². The number of allylic oxidation sites excluding steroid dienone is 3. The molecule has 0 fully saturated rings. The van der Waals surface area contributed by atoms with Gasteiger partial charge in [-0.15, -0.1) is 5.11 Å². The van der Waals surface area contributed by atoms with Crippen LogP contribution in [0.5, 0.6) is 0 Å². The molecule has 0 saturated heterocycles. The molecule has 41 heavy (non-hydrogen) atoms. The monoisotopic (exact) mass is 567 g/mol. The molecule has 0 amide bonds. The van der Waals surface area contributed by atoms with Crippen molar-refractivity contribution >= 4 is 61.1 Å². The zero-order chi connectivity index (χ0) is 29.1. The molecule has 5 rings (SSSR count). The summed E-state index contributed by atoms with van der Waals surface area (Å²) < 4.78 is 33.5. The standard InChI is InChI=1S/C29H21N5O6S/c30-28-23-4-2-1-3-22(23)27(41(38,39)40)16-25(28)34-32-20-11-7-18(8-12-20)17-5-9-19(10-6-17)31-33-21-13-14-26(35)24(15-21)29(36)37/h1-16,31H,30H2,(H,36,37)(H,38,39,40)/b33-21-,34-32?. The second kappa shape index (κ2) is 11.0. The first kappa shape index (κ1) is 27.1. The number of ketones is 1. The van der Waals surface area contributed by atoms with Gasteiger partial charge in [0, 0.05) is 10.8 Å². The minimum atomic E-state index is -4.52. The van der Waals surface area contributed by atoms with Gasteiger partial charge in [0.05, 0.1) is 22.8 Å². The first-order chi connectivity index (χ1) is 19.6. The van der Waals surface area contributed by atoms with Crippen LogP contribution in [0.2, 0.25) is 0 Å². The van der Waals surface area contributed by atoms with Crippen molar-refractivity contribution in [1.82, 2.24) is 0 Å². The van der Waals surface area contributed by atoms with Crippen LogP contribution in [-0.2, 0) is 19.7 Å². The van der Waals surface area contributed by atoms with Crippen molar-refractivity contribution in [2.75, 3.05) is 11.2 Å². The lowest BCUT2D eigenvalue weighted by molar-refractivity contribution is -0.134. The van der Waals surface area contributed by atoms with Gasteiger partial charge in [-0.1, -0.05) is 48.5 Å². The Bertz CT molecular complexity index is 1930. The third kappa shape index (κ3) is 5.93. The van der Waals surface area contributed by atoms with E-state index in [-0.39, 0.29) is 27.2 Å². The number of azo groups is 1. The zero-order valence-electron chi connectivity index (χ0n) is 21.1. The predicted molar refractivity (Wildman–Crippen MR) is 155 cm³/mol.